The summed E-state index contributed by atoms with van der Waals surface area (Å²) >= 11 is 0. The van der Waals surface area contributed by atoms with Gasteiger partial charge >= 0.3 is 5.97 Å². The predicted molar refractivity (Wildman–Crippen MR) is 136 cm³/mol. The zero-order chi connectivity index (χ0) is 25.3. The number of halogens is 1. The van der Waals surface area contributed by atoms with E-state index in [1.165, 1.54) is 7.11 Å². The zero-order valence-corrected chi connectivity index (χ0v) is 20.7. The molecule has 0 N–H and O–H groups in total. The molecule has 35 heavy (non-hydrogen) atoms. The maximum atomic E-state index is 15.1. The highest BCUT2D eigenvalue weighted by Gasteiger charge is 2.43. The third-order valence-corrected chi connectivity index (χ3v) is 5.16. The van der Waals surface area contributed by atoms with Crippen LogP contribution in [0.3, 0.4) is 0 Å². The van der Waals surface area contributed by atoms with E-state index in [1.807, 2.05) is 66.7 Å². The van der Waals surface area contributed by atoms with Gasteiger partial charge in [-0.25, -0.2) is 9.18 Å². The van der Waals surface area contributed by atoms with Gasteiger partial charge in [-0.3, -0.25) is 4.99 Å². The molecule has 0 aliphatic carbocycles. The van der Waals surface area contributed by atoms with Crippen molar-refractivity contribution in [1.82, 2.24) is 0 Å². The molecular formula is C29H32FNO4. The summed E-state index contributed by atoms with van der Waals surface area (Å²) in [4.78, 5) is 18.4. The van der Waals surface area contributed by atoms with Gasteiger partial charge in [-0.1, -0.05) is 72.8 Å². The van der Waals surface area contributed by atoms with Crippen LogP contribution in [0.1, 0.15) is 37.5 Å². The zero-order valence-electron chi connectivity index (χ0n) is 20.7. The number of aliphatic imine (C=N–C) groups is 1. The van der Waals surface area contributed by atoms with E-state index in [0.29, 0.717) is 17.0 Å². The Bertz CT molecular complexity index is 1080. The Hall–Kier alpha value is -3.51. The third kappa shape index (κ3) is 7.23. The van der Waals surface area contributed by atoms with Crippen molar-refractivity contribution in [3.63, 3.8) is 0 Å². The van der Waals surface area contributed by atoms with Gasteiger partial charge in [0, 0.05) is 24.7 Å². The topological polar surface area (TPSA) is 57.1 Å². The molecule has 6 heteroatoms. The van der Waals surface area contributed by atoms with Crippen LogP contribution in [-0.2, 0) is 20.7 Å². The first-order chi connectivity index (χ1) is 16.8. The third-order valence-electron chi connectivity index (χ3n) is 5.16. The first kappa shape index (κ1) is 26.1. The standard InChI is InChI=1S/C29H32FNO4/c1-28(2,3)35-27(32)29(20-30,19-22-12-11-17-25(18-22)34-21-33-4)31-26(23-13-7-5-8-14-23)24-15-9-6-10-16-24/h5-18H,19-21H2,1-4H3. The van der Waals surface area contributed by atoms with Gasteiger partial charge < -0.3 is 14.2 Å². The van der Waals surface area contributed by atoms with E-state index >= 15 is 4.39 Å². The monoisotopic (exact) mass is 477 g/mol. The molecule has 0 radical (unpaired) electrons. The van der Waals surface area contributed by atoms with E-state index in [-0.39, 0.29) is 13.2 Å². The van der Waals surface area contributed by atoms with Crippen LogP contribution in [0.2, 0.25) is 0 Å². The number of nitrogens with zero attached hydrogens (tertiary/aromatic N) is 1. The predicted octanol–water partition coefficient (Wildman–Crippen LogP) is 5.80. The minimum Gasteiger partial charge on any atom is -0.468 e. The van der Waals surface area contributed by atoms with Crippen LogP contribution in [0.15, 0.2) is 89.9 Å². The lowest BCUT2D eigenvalue weighted by Crippen LogP contribution is -2.46. The molecule has 0 bridgehead atoms. The molecule has 184 valence electrons. The fourth-order valence-corrected chi connectivity index (χ4v) is 3.57. The Morgan fingerprint density at radius 3 is 2.00 bits per heavy atom. The van der Waals surface area contributed by atoms with Crippen molar-refractivity contribution in [3.05, 3.63) is 102 Å². The minimum atomic E-state index is -1.80. The summed E-state index contributed by atoms with van der Waals surface area (Å²) in [5.41, 5.74) is 0.145. The van der Waals surface area contributed by atoms with Crippen LogP contribution in [-0.4, -0.2) is 43.4 Å². The average Bonchev–Trinajstić information content (AvgIpc) is 2.85. The van der Waals surface area contributed by atoms with Crippen LogP contribution in [0.4, 0.5) is 4.39 Å². The van der Waals surface area contributed by atoms with Gasteiger partial charge in [0.05, 0.1) is 5.71 Å². The highest BCUT2D eigenvalue weighted by Crippen LogP contribution is 2.28. The lowest BCUT2D eigenvalue weighted by atomic mass is 9.90. The van der Waals surface area contributed by atoms with Gasteiger partial charge in [-0.15, -0.1) is 0 Å². The van der Waals surface area contributed by atoms with Crippen molar-refractivity contribution in [2.75, 3.05) is 20.6 Å². The summed E-state index contributed by atoms with van der Waals surface area (Å²) in [6.45, 7) is 4.31. The van der Waals surface area contributed by atoms with Crippen LogP contribution in [0.25, 0.3) is 0 Å². The normalized spacial score (nSPS) is 12.9. The van der Waals surface area contributed by atoms with Crippen molar-refractivity contribution in [2.24, 2.45) is 4.99 Å². The molecule has 0 aliphatic rings. The lowest BCUT2D eigenvalue weighted by molar-refractivity contribution is -0.162. The average molecular weight is 478 g/mol. The molecule has 0 aliphatic heterocycles. The molecule has 0 heterocycles. The number of carbonyl (C=O) groups excluding carboxylic acids is 1. The molecule has 0 amide bonds. The van der Waals surface area contributed by atoms with Crippen LogP contribution in [0, 0.1) is 0 Å². The van der Waals surface area contributed by atoms with E-state index < -0.39 is 23.8 Å². The van der Waals surface area contributed by atoms with Crippen LogP contribution in [0.5, 0.6) is 5.75 Å². The maximum Gasteiger partial charge on any atom is 0.337 e. The van der Waals surface area contributed by atoms with Gasteiger partial charge in [0.1, 0.15) is 18.0 Å². The van der Waals surface area contributed by atoms with Gasteiger partial charge in [0.2, 0.25) is 0 Å². The summed E-state index contributed by atoms with van der Waals surface area (Å²) in [5, 5.41) is 0. The van der Waals surface area contributed by atoms with Crippen molar-refractivity contribution in [2.45, 2.75) is 38.3 Å². The smallest absolute Gasteiger partial charge is 0.337 e. The lowest BCUT2D eigenvalue weighted by Gasteiger charge is -2.30. The quantitative estimate of drug-likeness (QED) is 0.210. The van der Waals surface area contributed by atoms with Gasteiger partial charge in [-0.05, 0) is 38.5 Å². The van der Waals surface area contributed by atoms with E-state index in [0.717, 1.165) is 11.1 Å². The Labute approximate surface area is 206 Å². The molecule has 1 unspecified atom stereocenters. The van der Waals surface area contributed by atoms with Crippen LogP contribution >= 0.6 is 0 Å². The minimum absolute atomic E-state index is 0.00817. The molecule has 1 atom stereocenters. The SMILES string of the molecule is COCOc1cccc(CC(CF)(N=C(c2ccccc2)c2ccccc2)C(=O)OC(C)(C)C)c1. The van der Waals surface area contributed by atoms with E-state index in [4.69, 9.17) is 19.2 Å². The molecule has 0 fully saturated rings. The summed E-state index contributed by atoms with van der Waals surface area (Å²) in [6, 6.07) is 26.0. The summed E-state index contributed by atoms with van der Waals surface area (Å²) < 4.78 is 31.3. The van der Waals surface area contributed by atoms with Crippen molar-refractivity contribution >= 4 is 11.7 Å². The van der Waals surface area contributed by atoms with Gasteiger partial charge in [0.25, 0.3) is 0 Å². The Morgan fingerprint density at radius 1 is 0.886 bits per heavy atom. The van der Waals surface area contributed by atoms with Crippen molar-refractivity contribution < 1.29 is 23.4 Å². The number of carbonyl (C=O) groups is 1. The number of esters is 1. The number of ether oxygens (including phenoxy) is 3. The second-order valence-corrected chi connectivity index (χ2v) is 9.23. The molecule has 3 aromatic carbocycles. The molecular weight excluding hydrogens is 445 g/mol. The highest BCUT2D eigenvalue weighted by atomic mass is 19.1. The van der Waals surface area contributed by atoms with Gasteiger partial charge in [0.15, 0.2) is 12.3 Å². The van der Waals surface area contributed by atoms with Gasteiger partial charge in [-0.2, -0.15) is 0 Å². The first-order valence-corrected chi connectivity index (χ1v) is 11.5. The molecule has 3 aromatic rings. The van der Waals surface area contributed by atoms with Crippen molar-refractivity contribution in [3.8, 4) is 5.75 Å². The fraction of sp³-hybridized carbons (Fsp3) is 0.310. The number of rotatable bonds is 10. The molecule has 0 spiro atoms. The van der Waals surface area contributed by atoms with Crippen LogP contribution < -0.4 is 4.74 Å². The Morgan fingerprint density at radius 2 is 1.49 bits per heavy atom. The second kappa shape index (κ2) is 11.8. The molecule has 0 saturated carbocycles. The first-order valence-electron chi connectivity index (χ1n) is 11.5. The molecule has 3 rings (SSSR count). The fourth-order valence-electron chi connectivity index (χ4n) is 3.57. The number of hydrogen-bond donors (Lipinski definition) is 0. The number of alkyl halides is 1. The van der Waals surface area contributed by atoms with E-state index in [1.54, 1.807) is 39.0 Å². The highest BCUT2D eigenvalue weighted by molar-refractivity contribution is 6.13. The largest absolute Gasteiger partial charge is 0.468 e. The van der Waals surface area contributed by atoms with E-state index in [9.17, 15) is 4.79 Å². The van der Waals surface area contributed by atoms with E-state index in [2.05, 4.69) is 0 Å². The van der Waals surface area contributed by atoms with Crippen molar-refractivity contribution in [1.29, 1.82) is 0 Å². The summed E-state index contributed by atoms with van der Waals surface area (Å²) in [7, 11) is 1.53. The number of hydrogen-bond acceptors (Lipinski definition) is 5. The Balaban J connectivity index is 2.16. The number of methoxy groups -OCH3 is 1. The molecule has 0 aromatic heterocycles. The molecule has 5 nitrogen and oxygen atoms in total. The maximum absolute atomic E-state index is 15.1. The number of benzene rings is 3. The summed E-state index contributed by atoms with van der Waals surface area (Å²) in [5.74, 6) is -0.170. The summed E-state index contributed by atoms with van der Waals surface area (Å²) in [6.07, 6.45) is -0.00817. The Kier molecular flexibility index (Phi) is 8.77. The molecule has 0 saturated heterocycles. The second-order valence-electron chi connectivity index (χ2n) is 9.23.